The third kappa shape index (κ3) is 3.93. The van der Waals surface area contributed by atoms with Crippen LogP contribution in [0.5, 0.6) is 0 Å². The van der Waals surface area contributed by atoms with Gasteiger partial charge in [0.2, 0.25) is 5.89 Å². The highest BCUT2D eigenvalue weighted by molar-refractivity contribution is 5.85. The number of aromatic amines is 1. The van der Waals surface area contributed by atoms with Gasteiger partial charge in [0.05, 0.1) is 5.69 Å². The van der Waals surface area contributed by atoms with E-state index >= 15 is 0 Å². The summed E-state index contributed by atoms with van der Waals surface area (Å²) in [5.74, 6) is -2.42. The van der Waals surface area contributed by atoms with Gasteiger partial charge in [-0.25, -0.2) is 18.7 Å². The zero-order valence-corrected chi connectivity index (χ0v) is 13.9. The second-order valence-electron chi connectivity index (χ2n) is 5.76. The van der Waals surface area contributed by atoms with E-state index in [0.29, 0.717) is 5.92 Å². The molecule has 3 rings (SSSR count). The predicted octanol–water partition coefficient (Wildman–Crippen LogP) is 2.53. The topological polar surface area (TPSA) is 83.0 Å². The van der Waals surface area contributed by atoms with Gasteiger partial charge >= 0.3 is 5.76 Å². The van der Waals surface area contributed by atoms with Crippen LogP contribution in [-0.4, -0.2) is 29.3 Å². The smallest absolute Gasteiger partial charge is 0.388 e. The van der Waals surface area contributed by atoms with Crippen LogP contribution < -0.4 is 16.4 Å². The summed E-state index contributed by atoms with van der Waals surface area (Å²) in [5, 5.41) is 12.0. The number of H-pyrrole nitrogens is 1. The molecule has 0 saturated carbocycles. The van der Waals surface area contributed by atoms with Gasteiger partial charge in [-0.1, -0.05) is 0 Å². The number of halogens is 3. The first-order valence-electron chi connectivity index (χ1n) is 7.57. The van der Waals surface area contributed by atoms with Crippen molar-refractivity contribution in [3.05, 3.63) is 34.3 Å². The van der Waals surface area contributed by atoms with Crippen molar-refractivity contribution in [2.24, 2.45) is 5.92 Å². The van der Waals surface area contributed by atoms with Gasteiger partial charge in [0.1, 0.15) is 0 Å². The summed E-state index contributed by atoms with van der Waals surface area (Å²) in [6, 6.07) is 2.34. The highest BCUT2D eigenvalue weighted by atomic mass is 35.5. The molecule has 6 nitrogen and oxygen atoms in total. The Balaban J connectivity index is 0.00000208. The van der Waals surface area contributed by atoms with Gasteiger partial charge in [0, 0.05) is 11.6 Å². The van der Waals surface area contributed by atoms with Gasteiger partial charge in [-0.15, -0.1) is 17.5 Å². The first-order valence-corrected chi connectivity index (χ1v) is 7.57. The fourth-order valence-electron chi connectivity index (χ4n) is 2.88. The van der Waals surface area contributed by atoms with E-state index in [2.05, 4.69) is 20.8 Å². The second-order valence-corrected chi connectivity index (χ2v) is 5.76. The molecule has 1 fully saturated rings. The number of hydrogen-bond donors (Lipinski definition) is 3. The number of nitrogens with zero attached hydrogens (tertiary/aromatic N) is 1. The third-order valence-electron chi connectivity index (χ3n) is 4.19. The molecule has 0 aliphatic carbocycles. The lowest BCUT2D eigenvalue weighted by Crippen LogP contribution is -2.36. The number of piperidine rings is 1. The SMILES string of the molecule is C[C@H](Nc1cc(-c2n[nH]c(=O)o2)cc(F)c1F)C1CCNCC1.Cl. The molecule has 2 heterocycles. The minimum Gasteiger partial charge on any atom is -0.388 e. The quantitative estimate of drug-likeness (QED) is 0.780. The maximum absolute atomic E-state index is 14.1. The van der Waals surface area contributed by atoms with E-state index in [1.807, 2.05) is 6.92 Å². The van der Waals surface area contributed by atoms with E-state index in [9.17, 15) is 13.6 Å². The Kier molecular flexibility index (Phi) is 5.95. The summed E-state index contributed by atoms with van der Waals surface area (Å²) in [7, 11) is 0. The second kappa shape index (κ2) is 7.76. The molecule has 1 atom stereocenters. The standard InChI is InChI=1S/C15H18F2N4O2.ClH/c1-8(9-2-4-18-5-3-9)19-12-7-10(6-11(16)13(12)17)14-20-21-15(22)23-14;/h6-9,18-19H,2-5H2,1H3,(H,21,22);1H/t8-;/m0./s1. The first kappa shape index (κ1) is 18.4. The molecule has 1 aromatic heterocycles. The highest BCUT2D eigenvalue weighted by Gasteiger charge is 2.22. The van der Waals surface area contributed by atoms with Gasteiger partial charge in [0.15, 0.2) is 11.6 Å². The number of benzene rings is 1. The summed E-state index contributed by atoms with van der Waals surface area (Å²) >= 11 is 0. The fraction of sp³-hybridized carbons (Fsp3) is 0.467. The largest absolute Gasteiger partial charge is 0.434 e. The van der Waals surface area contributed by atoms with Crippen LogP contribution in [0.3, 0.4) is 0 Å². The summed E-state index contributed by atoms with van der Waals surface area (Å²) in [6.45, 7) is 3.80. The van der Waals surface area contributed by atoms with Crippen molar-refractivity contribution in [2.75, 3.05) is 18.4 Å². The van der Waals surface area contributed by atoms with E-state index < -0.39 is 17.4 Å². The van der Waals surface area contributed by atoms with E-state index in [4.69, 9.17) is 4.42 Å². The monoisotopic (exact) mass is 360 g/mol. The zero-order valence-electron chi connectivity index (χ0n) is 13.1. The van der Waals surface area contributed by atoms with E-state index in [-0.39, 0.29) is 35.6 Å². The van der Waals surface area contributed by atoms with Crippen LogP contribution in [0, 0.1) is 17.6 Å². The van der Waals surface area contributed by atoms with Crippen molar-refractivity contribution in [3.63, 3.8) is 0 Å². The van der Waals surface area contributed by atoms with Crippen molar-refractivity contribution in [1.82, 2.24) is 15.5 Å². The van der Waals surface area contributed by atoms with Crippen LogP contribution in [0.25, 0.3) is 11.5 Å². The summed E-state index contributed by atoms with van der Waals surface area (Å²) in [6.07, 6.45) is 1.96. The van der Waals surface area contributed by atoms with Crippen LogP contribution in [0.2, 0.25) is 0 Å². The Hall–Kier alpha value is -1.93. The Morgan fingerprint density at radius 3 is 2.67 bits per heavy atom. The Morgan fingerprint density at radius 1 is 1.33 bits per heavy atom. The van der Waals surface area contributed by atoms with Gasteiger partial charge in [0.25, 0.3) is 0 Å². The van der Waals surface area contributed by atoms with Crippen LogP contribution in [0.4, 0.5) is 14.5 Å². The Morgan fingerprint density at radius 2 is 2.04 bits per heavy atom. The molecule has 1 aromatic carbocycles. The minimum atomic E-state index is -1.02. The lowest BCUT2D eigenvalue weighted by Gasteiger charge is -2.29. The molecule has 132 valence electrons. The van der Waals surface area contributed by atoms with Gasteiger partial charge in [-0.2, -0.15) is 0 Å². The molecule has 24 heavy (non-hydrogen) atoms. The average molecular weight is 361 g/mol. The normalized spacial score (nSPS) is 16.5. The molecule has 9 heteroatoms. The fourth-order valence-corrected chi connectivity index (χ4v) is 2.88. The molecular formula is C15H19ClF2N4O2. The van der Waals surface area contributed by atoms with Crippen LogP contribution >= 0.6 is 12.4 Å². The molecule has 0 unspecified atom stereocenters. The summed E-state index contributed by atoms with van der Waals surface area (Å²) in [5.41, 5.74) is 0.235. The number of hydrogen-bond acceptors (Lipinski definition) is 5. The van der Waals surface area contributed by atoms with Gasteiger partial charge in [-0.05, 0) is 50.9 Å². The summed E-state index contributed by atoms with van der Waals surface area (Å²) in [4.78, 5) is 11.0. The zero-order chi connectivity index (χ0) is 16.4. The van der Waals surface area contributed by atoms with E-state index in [1.165, 1.54) is 6.07 Å². The summed E-state index contributed by atoms with van der Waals surface area (Å²) < 4.78 is 32.7. The van der Waals surface area contributed by atoms with Crippen molar-refractivity contribution in [1.29, 1.82) is 0 Å². The third-order valence-corrected chi connectivity index (χ3v) is 4.19. The van der Waals surface area contributed by atoms with Crippen LogP contribution in [0.15, 0.2) is 21.3 Å². The Labute approximate surface area is 143 Å². The molecule has 0 bridgehead atoms. The van der Waals surface area contributed by atoms with Crippen molar-refractivity contribution >= 4 is 18.1 Å². The molecule has 1 aliphatic heterocycles. The maximum atomic E-state index is 14.1. The van der Waals surface area contributed by atoms with Crippen molar-refractivity contribution in [3.8, 4) is 11.5 Å². The first-order chi connectivity index (χ1) is 11.0. The molecule has 3 N–H and O–H groups in total. The van der Waals surface area contributed by atoms with Crippen LogP contribution in [0.1, 0.15) is 19.8 Å². The molecule has 0 amide bonds. The molecular weight excluding hydrogens is 342 g/mol. The lowest BCUT2D eigenvalue weighted by atomic mass is 9.91. The molecule has 0 spiro atoms. The number of aromatic nitrogens is 2. The van der Waals surface area contributed by atoms with Gasteiger partial charge in [-0.3, -0.25) is 0 Å². The molecule has 0 radical (unpaired) electrons. The number of nitrogens with one attached hydrogen (secondary N) is 3. The minimum absolute atomic E-state index is 0. The van der Waals surface area contributed by atoms with Crippen molar-refractivity contribution in [2.45, 2.75) is 25.8 Å². The van der Waals surface area contributed by atoms with Gasteiger partial charge < -0.3 is 15.1 Å². The molecule has 2 aromatic rings. The highest BCUT2D eigenvalue weighted by Crippen LogP contribution is 2.28. The number of rotatable bonds is 4. The molecule has 1 saturated heterocycles. The average Bonchev–Trinajstić information content (AvgIpc) is 2.99. The van der Waals surface area contributed by atoms with Crippen molar-refractivity contribution < 1.29 is 13.2 Å². The van der Waals surface area contributed by atoms with Crippen LogP contribution in [-0.2, 0) is 0 Å². The number of anilines is 1. The molecule has 1 aliphatic rings. The van der Waals surface area contributed by atoms with E-state index in [0.717, 1.165) is 32.0 Å². The van der Waals surface area contributed by atoms with E-state index in [1.54, 1.807) is 0 Å². The predicted molar refractivity (Wildman–Crippen MR) is 88.4 cm³/mol. The Bertz CT molecular complexity index is 743. The lowest BCUT2D eigenvalue weighted by molar-refractivity contribution is 0.342. The maximum Gasteiger partial charge on any atom is 0.434 e.